The second-order valence-corrected chi connectivity index (χ2v) is 4.45. The molecule has 0 saturated heterocycles. The van der Waals surface area contributed by atoms with Gasteiger partial charge >= 0.3 is 11.9 Å². The molecule has 17 heavy (non-hydrogen) atoms. The monoisotopic (exact) mass is 253 g/mol. The van der Waals surface area contributed by atoms with Crippen LogP contribution in [0.3, 0.4) is 0 Å². The van der Waals surface area contributed by atoms with Gasteiger partial charge in [0.25, 0.3) is 0 Å². The van der Waals surface area contributed by atoms with Crippen molar-refractivity contribution in [3.63, 3.8) is 0 Å². The summed E-state index contributed by atoms with van der Waals surface area (Å²) in [7, 11) is 0. The van der Waals surface area contributed by atoms with E-state index in [4.69, 9.17) is 5.73 Å². The molecule has 0 heterocycles. The van der Waals surface area contributed by atoms with E-state index in [0.29, 0.717) is 12.0 Å². The Morgan fingerprint density at radius 3 is 2.59 bits per heavy atom. The molecular weight excluding hydrogens is 238 g/mol. The van der Waals surface area contributed by atoms with Crippen LogP contribution in [-0.4, -0.2) is 30.0 Å². The van der Waals surface area contributed by atoms with Crippen LogP contribution in [-0.2, 0) is 9.53 Å². The van der Waals surface area contributed by atoms with Crippen LogP contribution in [0.4, 0.5) is 0 Å². The second-order valence-electron chi connectivity index (χ2n) is 3.46. The molecule has 0 aliphatic rings. The van der Waals surface area contributed by atoms with Gasteiger partial charge in [0.1, 0.15) is 6.04 Å². The standard InChI is InChI=1S/C12H15NO3S/c1-17-8-7-10(13)12(15)16-11(14)9-5-3-2-4-6-9/h2-6,10H,7-8,13H2,1H3/t10-/m0/s1. The van der Waals surface area contributed by atoms with E-state index in [1.54, 1.807) is 42.1 Å². The molecule has 1 aromatic rings. The fourth-order valence-corrected chi connectivity index (χ4v) is 1.65. The number of nitrogens with two attached hydrogens (primary N) is 1. The Labute approximate surface area is 105 Å². The maximum absolute atomic E-state index is 11.5. The lowest BCUT2D eigenvalue weighted by atomic mass is 10.2. The summed E-state index contributed by atoms with van der Waals surface area (Å²) in [5, 5.41) is 0. The molecule has 0 aromatic heterocycles. The average Bonchev–Trinajstić information content (AvgIpc) is 2.36. The Hall–Kier alpha value is -1.33. The highest BCUT2D eigenvalue weighted by molar-refractivity contribution is 7.98. The van der Waals surface area contributed by atoms with Crippen LogP contribution in [0.25, 0.3) is 0 Å². The van der Waals surface area contributed by atoms with Crippen LogP contribution in [0.1, 0.15) is 16.8 Å². The number of esters is 2. The maximum Gasteiger partial charge on any atom is 0.345 e. The quantitative estimate of drug-likeness (QED) is 0.635. The molecule has 92 valence electrons. The zero-order valence-electron chi connectivity index (χ0n) is 9.59. The van der Waals surface area contributed by atoms with E-state index in [9.17, 15) is 9.59 Å². The predicted octanol–water partition coefficient (Wildman–Crippen LogP) is 1.45. The van der Waals surface area contributed by atoms with Crippen molar-refractivity contribution in [1.82, 2.24) is 0 Å². The number of benzene rings is 1. The highest BCUT2D eigenvalue weighted by Crippen LogP contribution is 2.04. The number of hydrogen-bond acceptors (Lipinski definition) is 5. The summed E-state index contributed by atoms with van der Waals surface area (Å²) >= 11 is 1.59. The first-order chi connectivity index (χ1) is 8.15. The molecule has 0 unspecified atom stereocenters. The minimum absolute atomic E-state index is 0.345. The van der Waals surface area contributed by atoms with Gasteiger partial charge in [-0.1, -0.05) is 18.2 Å². The molecule has 0 saturated carbocycles. The number of carbonyl (C=O) groups is 2. The molecular formula is C12H15NO3S. The molecule has 0 fully saturated rings. The zero-order chi connectivity index (χ0) is 12.7. The minimum atomic E-state index is -0.741. The number of carbonyl (C=O) groups excluding carboxylic acids is 2. The Kier molecular flexibility index (Phi) is 5.72. The molecule has 0 aliphatic heterocycles. The predicted molar refractivity (Wildman–Crippen MR) is 67.8 cm³/mol. The van der Waals surface area contributed by atoms with Crippen molar-refractivity contribution in [3.8, 4) is 0 Å². The number of ether oxygens (including phenoxy) is 1. The zero-order valence-corrected chi connectivity index (χ0v) is 10.4. The lowest BCUT2D eigenvalue weighted by Crippen LogP contribution is -2.34. The summed E-state index contributed by atoms with van der Waals surface area (Å²) in [5.41, 5.74) is 5.93. The molecule has 5 heteroatoms. The van der Waals surface area contributed by atoms with Gasteiger partial charge in [-0.2, -0.15) is 11.8 Å². The van der Waals surface area contributed by atoms with Gasteiger partial charge in [-0.05, 0) is 30.6 Å². The largest absolute Gasteiger partial charge is 0.388 e. The first kappa shape index (κ1) is 13.7. The summed E-state index contributed by atoms with van der Waals surface area (Å²) in [6, 6.07) is 7.62. The van der Waals surface area contributed by atoms with Crippen molar-refractivity contribution in [3.05, 3.63) is 35.9 Å². The molecule has 0 bridgehead atoms. The smallest absolute Gasteiger partial charge is 0.345 e. The van der Waals surface area contributed by atoms with E-state index in [1.165, 1.54) is 0 Å². The molecule has 1 atom stereocenters. The van der Waals surface area contributed by atoms with Gasteiger partial charge in [0.2, 0.25) is 0 Å². The van der Waals surface area contributed by atoms with Crippen LogP contribution in [0.15, 0.2) is 30.3 Å². The van der Waals surface area contributed by atoms with Crippen molar-refractivity contribution >= 4 is 23.7 Å². The topological polar surface area (TPSA) is 69.4 Å². The molecule has 1 aromatic carbocycles. The fourth-order valence-electron chi connectivity index (χ4n) is 1.16. The summed E-state index contributed by atoms with van der Waals surface area (Å²) in [5.74, 6) is -0.571. The Bertz CT molecular complexity index is 381. The van der Waals surface area contributed by atoms with Crippen LogP contribution in [0, 0.1) is 0 Å². The van der Waals surface area contributed by atoms with Crippen LogP contribution in [0.2, 0.25) is 0 Å². The summed E-state index contributed by atoms with van der Waals surface area (Å²) < 4.78 is 4.68. The second kappa shape index (κ2) is 7.09. The van der Waals surface area contributed by atoms with Crippen molar-refractivity contribution in [2.45, 2.75) is 12.5 Å². The first-order valence-corrected chi connectivity index (χ1v) is 6.60. The van der Waals surface area contributed by atoms with Gasteiger partial charge < -0.3 is 10.5 Å². The van der Waals surface area contributed by atoms with Gasteiger partial charge in [0.15, 0.2) is 0 Å². The summed E-state index contributed by atoms with van der Waals surface area (Å²) in [6.45, 7) is 0. The highest BCUT2D eigenvalue weighted by Gasteiger charge is 2.19. The van der Waals surface area contributed by atoms with Gasteiger partial charge in [-0.3, -0.25) is 0 Å². The third-order valence-electron chi connectivity index (χ3n) is 2.14. The van der Waals surface area contributed by atoms with E-state index in [-0.39, 0.29) is 0 Å². The molecule has 0 aliphatic carbocycles. The van der Waals surface area contributed by atoms with Crippen LogP contribution >= 0.6 is 11.8 Å². The number of thioether (sulfide) groups is 1. The van der Waals surface area contributed by atoms with Crippen molar-refractivity contribution < 1.29 is 14.3 Å². The third kappa shape index (κ3) is 4.58. The average molecular weight is 253 g/mol. The molecule has 2 N–H and O–H groups in total. The van der Waals surface area contributed by atoms with Crippen LogP contribution < -0.4 is 5.73 Å². The molecule has 1 rings (SSSR count). The van der Waals surface area contributed by atoms with E-state index in [1.807, 2.05) is 6.26 Å². The maximum atomic E-state index is 11.5. The molecule has 0 spiro atoms. The Balaban J connectivity index is 2.49. The van der Waals surface area contributed by atoms with Gasteiger partial charge in [0, 0.05) is 0 Å². The van der Waals surface area contributed by atoms with Crippen molar-refractivity contribution in [1.29, 1.82) is 0 Å². The molecule has 0 radical (unpaired) electrons. The van der Waals surface area contributed by atoms with E-state index in [0.717, 1.165) is 5.75 Å². The minimum Gasteiger partial charge on any atom is -0.388 e. The third-order valence-corrected chi connectivity index (χ3v) is 2.78. The molecule has 4 nitrogen and oxygen atoms in total. The highest BCUT2D eigenvalue weighted by atomic mass is 32.2. The van der Waals surface area contributed by atoms with Crippen molar-refractivity contribution in [2.24, 2.45) is 5.73 Å². The molecule has 0 amide bonds. The van der Waals surface area contributed by atoms with Crippen LogP contribution in [0.5, 0.6) is 0 Å². The number of rotatable bonds is 5. The lowest BCUT2D eigenvalue weighted by molar-refractivity contribution is -0.139. The SMILES string of the molecule is CSCC[C@H](N)C(=O)OC(=O)c1ccccc1. The first-order valence-electron chi connectivity index (χ1n) is 5.20. The summed E-state index contributed by atoms with van der Waals surface area (Å²) in [4.78, 5) is 23.0. The van der Waals surface area contributed by atoms with E-state index in [2.05, 4.69) is 4.74 Å². The summed E-state index contributed by atoms with van der Waals surface area (Å²) in [6.07, 6.45) is 2.43. The fraction of sp³-hybridized carbons (Fsp3) is 0.333. The van der Waals surface area contributed by atoms with E-state index < -0.39 is 18.0 Å². The normalized spacial score (nSPS) is 11.9. The Morgan fingerprint density at radius 2 is 2.00 bits per heavy atom. The van der Waals surface area contributed by atoms with Crippen molar-refractivity contribution in [2.75, 3.05) is 12.0 Å². The Morgan fingerprint density at radius 1 is 1.35 bits per heavy atom. The van der Waals surface area contributed by atoms with E-state index >= 15 is 0 Å². The van der Waals surface area contributed by atoms with Gasteiger partial charge in [-0.25, -0.2) is 9.59 Å². The lowest BCUT2D eigenvalue weighted by Gasteiger charge is -2.09. The van der Waals surface area contributed by atoms with Gasteiger partial charge in [-0.15, -0.1) is 0 Å². The number of hydrogen-bond donors (Lipinski definition) is 1. The van der Waals surface area contributed by atoms with Gasteiger partial charge in [0.05, 0.1) is 5.56 Å².